The minimum Gasteiger partial charge on any atom is -0.337 e. The van der Waals surface area contributed by atoms with Crippen LogP contribution in [0.3, 0.4) is 0 Å². The van der Waals surface area contributed by atoms with Crippen molar-refractivity contribution >= 4 is 6.03 Å². The average Bonchev–Trinajstić information content (AvgIpc) is 2.23. The van der Waals surface area contributed by atoms with Gasteiger partial charge in [-0.1, -0.05) is 6.42 Å². The highest BCUT2D eigenvalue weighted by Gasteiger charge is 2.27. The highest BCUT2D eigenvalue weighted by atomic mass is 19.4. The Balaban J connectivity index is 2.15. The molecule has 0 aliphatic carbocycles. The number of amides is 2. The zero-order chi connectivity index (χ0) is 12.9. The lowest BCUT2D eigenvalue weighted by molar-refractivity contribution is -0.122. The molecule has 0 saturated carbocycles. The number of rotatable bonds is 3. The Labute approximate surface area is 98.3 Å². The van der Waals surface area contributed by atoms with Gasteiger partial charge in [0.1, 0.15) is 6.54 Å². The number of urea groups is 1. The Morgan fingerprint density at radius 3 is 2.65 bits per heavy atom. The first-order chi connectivity index (χ1) is 7.87. The SMILES string of the molecule is CC1CCCC(CNC(=O)NCC(F)(F)F)N1. The van der Waals surface area contributed by atoms with Crippen LogP contribution in [0.5, 0.6) is 0 Å². The molecule has 17 heavy (non-hydrogen) atoms. The Bertz CT molecular complexity index is 258. The molecule has 2 atom stereocenters. The second-order valence-corrected chi connectivity index (χ2v) is 4.37. The molecule has 0 radical (unpaired) electrons. The Kier molecular flexibility index (Phi) is 5.04. The predicted molar refractivity (Wildman–Crippen MR) is 57.7 cm³/mol. The second kappa shape index (κ2) is 6.09. The summed E-state index contributed by atoms with van der Waals surface area (Å²) in [5.74, 6) is 0. The van der Waals surface area contributed by atoms with Crippen LogP contribution in [0.15, 0.2) is 0 Å². The number of carbonyl (C=O) groups excluding carboxylic acids is 1. The van der Waals surface area contributed by atoms with Crippen LogP contribution in [-0.2, 0) is 0 Å². The molecule has 1 heterocycles. The first-order valence-corrected chi connectivity index (χ1v) is 5.71. The largest absolute Gasteiger partial charge is 0.405 e. The molecule has 7 heteroatoms. The van der Waals surface area contributed by atoms with Gasteiger partial charge in [-0.3, -0.25) is 0 Å². The molecule has 0 aromatic heterocycles. The summed E-state index contributed by atoms with van der Waals surface area (Å²) in [6.07, 6.45) is -1.26. The third-order valence-corrected chi connectivity index (χ3v) is 2.67. The normalized spacial score (nSPS) is 25.4. The zero-order valence-corrected chi connectivity index (χ0v) is 9.73. The number of hydrogen-bond acceptors (Lipinski definition) is 2. The van der Waals surface area contributed by atoms with Crippen LogP contribution in [0.4, 0.5) is 18.0 Å². The first-order valence-electron chi connectivity index (χ1n) is 5.71. The minimum absolute atomic E-state index is 0.149. The fraction of sp³-hybridized carbons (Fsp3) is 0.900. The third-order valence-electron chi connectivity index (χ3n) is 2.67. The van der Waals surface area contributed by atoms with Crippen LogP contribution in [0.25, 0.3) is 0 Å². The number of nitrogens with one attached hydrogen (secondary N) is 3. The average molecular weight is 253 g/mol. The van der Waals surface area contributed by atoms with Gasteiger partial charge in [0.2, 0.25) is 0 Å². The van der Waals surface area contributed by atoms with Gasteiger partial charge in [0.05, 0.1) is 0 Å². The van der Waals surface area contributed by atoms with Gasteiger partial charge < -0.3 is 16.0 Å². The molecule has 1 aliphatic heterocycles. The number of carbonyl (C=O) groups is 1. The van der Waals surface area contributed by atoms with Crippen LogP contribution in [-0.4, -0.2) is 37.4 Å². The van der Waals surface area contributed by atoms with E-state index in [1.807, 2.05) is 0 Å². The van der Waals surface area contributed by atoms with Gasteiger partial charge in [0, 0.05) is 18.6 Å². The van der Waals surface area contributed by atoms with Crippen molar-refractivity contribution in [3.63, 3.8) is 0 Å². The Morgan fingerprint density at radius 1 is 1.35 bits per heavy atom. The van der Waals surface area contributed by atoms with E-state index in [1.54, 1.807) is 5.32 Å². The lowest BCUT2D eigenvalue weighted by Crippen LogP contribution is -2.50. The summed E-state index contributed by atoms with van der Waals surface area (Å²) in [7, 11) is 0. The molecule has 2 unspecified atom stereocenters. The molecule has 0 spiro atoms. The van der Waals surface area contributed by atoms with Crippen molar-refractivity contribution in [1.29, 1.82) is 0 Å². The van der Waals surface area contributed by atoms with E-state index in [1.165, 1.54) is 0 Å². The summed E-state index contributed by atoms with van der Waals surface area (Å²) in [6.45, 7) is 1.11. The summed E-state index contributed by atoms with van der Waals surface area (Å²) in [5.41, 5.74) is 0. The summed E-state index contributed by atoms with van der Waals surface area (Å²) in [6, 6.07) is -0.230. The van der Waals surface area contributed by atoms with E-state index in [9.17, 15) is 18.0 Å². The second-order valence-electron chi connectivity index (χ2n) is 4.37. The predicted octanol–water partition coefficient (Wildman–Crippen LogP) is 1.38. The van der Waals surface area contributed by atoms with Crippen molar-refractivity contribution in [2.24, 2.45) is 0 Å². The maximum Gasteiger partial charge on any atom is 0.405 e. The van der Waals surface area contributed by atoms with Crippen LogP contribution >= 0.6 is 0 Å². The number of hydrogen-bond donors (Lipinski definition) is 3. The van der Waals surface area contributed by atoms with E-state index in [2.05, 4.69) is 17.6 Å². The topological polar surface area (TPSA) is 53.2 Å². The lowest BCUT2D eigenvalue weighted by atomic mass is 10.00. The molecule has 0 aromatic carbocycles. The van der Waals surface area contributed by atoms with Crippen LogP contribution in [0.1, 0.15) is 26.2 Å². The maximum atomic E-state index is 11.8. The van der Waals surface area contributed by atoms with Gasteiger partial charge in [-0.25, -0.2) is 4.79 Å². The van der Waals surface area contributed by atoms with Gasteiger partial charge in [-0.05, 0) is 19.8 Å². The van der Waals surface area contributed by atoms with Crippen molar-refractivity contribution in [2.75, 3.05) is 13.1 Å². The van der Waals surface area contributed by atoms with E-state index in [0.717, 1.165) is 19.3 Å². The van der Waals surface area contributed by atoms with Crippen LogP contribution in [0.2, 0.25) is 0 Å². The van der Waals surface area contributed by atoms with Gasteiger partial charge in [0.25, 0.3) is 0 Å². The molecule has 0 bridgehead atoms. The first kappa shape index (κ1) is 14.1. The molecule has 100 valence electrons. The monoisotopic (exact) mass is 253 g/mol. The third kappa shape index (κ3) is 6.35. The fourth-order valence-corrected chi connectivity index (χ4v) is 1.86. The molecule has 0 aromatic rings. The van der Waals surface area contributed by atoms with Gasteiger partial charge >= 0.3 is 12.2 Å². The van der Waals surface area contributed by atoms with Crippen molar-refractivity contribution in [2.45, 2.75) is 44.4 Å². The van der Waals surface area contributed by atoms with Crippen molar-refractivity contribution in [1.82, 2.24) is 16.0 Å². The van der Waals surface area contributed by atoms with E-state index < -0.39 is 18.8 Å². The maximum absolute atomic E-state index is 11.8. The summed E-state index contributed by atoms with van der Waals surface area (Å²) >= 11 is 0. The van der Waals surface area contributed by atoms with Crippen LogP contribution in [0, 0.1) is 0 Å². The molecular formula is C10H18F3N3O. The number of piperidine rings is 1. The Morgan fingerprint density at radius 2 is 2.06 bits per heavy atom. The smallest absolute Gasteiger partial charge is 0.337 e. The van der Waals surface area contributed by atoms with Crippen LogP contribution < -0.4 is 16.0 Å². The Hall–Kier alpha value is -0.980. The van der Waals surface area contributed by atoms with Crippen molar-refractivity contribution < 1.29 is 18.0 Å². The molecule has 1 saturated heterocycles. The summed E-state index contributed by atoms with van der Waals surface area (Å²) < 4.78 is 35.4. The fourth-order valence-electron chi connectivity index (χ4n) is 1.86. The summed E-state index contributed by atoms with van der Waals surface area (Å²) in [5, 5.41) is 7.48. The quantitative estimate of drug-likeness (QED) is 0.711. The highest BCUT2D eigenvalue weighted by Crippen LogP contribution is 2.12. The molecule has 1 aliphatic rings. The van der Waals surface area contributed by atoms with Gasteiger partial charge in [0.15, 0.2) is 0 Å². The number of alkyl halides is 3. The van der Waals surface area contributed by atoms with Gasteiger partial charge in [-0.15, -0.1) is 0 Å². The standard InChI is InChI=1S/C10H18F3N3O/c1-7-3-2-4-8(16-7)5-14-9(17)15-6-10(11,12)13/h7-8,16H,2-6H2,1H3,(H2,14,15,17). The van der Waals surface area contributed by atoms with E-state index in [-0.39, 0.29) is 6.04 Å². The molecule has 4 nitrogen and oxygen atoms in total. The van der Waals surface area contributed by atoms with E-state index in [0.29, 0.717) is 12.6 Å². The highest BCUT2D eigenvalue weighted by molar-refractivity contribution is 5.73. The minimum atomic E-state index is -4.37. The van der Waals surface area contributed by atoms with Crippen molar-refractivity contribution in [3.05, 3.63) is 0 Å². The van der Waals surface area contributed by atoms with Crippen molar-refractivity contribution in [3.8, 4) is 0 Å². The summed E-state index contributed by atoms with van der Waals surface area (Å²) in [4.78, 5) is 11.1. The molecular weight excluding hydrogens is 235 g/mol. The molecule has 1 rings (SSSR count). The molecule has 3 N–H and O–H groups in total. The van der Waals surface area contributed by atoms with E-state index >= 15 is 0 Å². The molecule has 1 fully saturated rings. The number of halogens is 3. The van der Waals surface area contributed by atoms with Gasteiger partial charge in [-0.2, -0.15) is 13.2 Å². The zero-order valence-electron chi connectivity index (χ0n) is 9.73. The molecule has 2 amide bonds. The van der Waals surface area contributed by atoms with E-state index in [4.69, 9.17) is 0 Å². The lowest BCUT2D eigenvalue weighted by Gasteiger charge is -2.28.